The highest BCUT2D eigenvalue weighted by Gasteiger charge is 2.58. The molecule has 122 valence electrons. The fraction of sp³-hybridized carbons (Fsp3) is 0.810. The molecule has 7 atom stereocenters. The van der Waals surface area contributed by atoms with Crippen molar-refractivity contribution in [2.75, 3.05) is 0 Å². The number of rotatable bonds is 0. The lowest BCUT2D eigenvalue weighted by Crippen LogP contribution is -2.53. The Labute approximate surface area is 136 Å². The van der Waals surface area contributed by atoms with E-state index in [9.17, 15) is 0 Å². The summed E-state index contributed by atoms with van der Waals surface area (Å²) in [4.78, 5) is 0. The fourth-order valence-corrected chi connectivity index (χ4v) is 7.02. The van der Waals surface area contributed by atoms with E-state index in [4.69, 9.17) is 0 Å². The van der Waals surface area contributed by atoms with Crippen LogP contribution in [0.25, 0.3) is 0 Å². The lowest BCUT2D eigenvalue weighted by molar-refractivity contribution is -0.0442. The number of hydrogen-bond donors (Lipinski definition) is 1. The Morgan fingerprint density at radius 2 is 1.95 bits per heavy atom. The second-order valence-corrected chi connectivity index (χ2v) is 9.61. The van der Waals surface area contributed by atoms with Gasteiger partial charge in [0.2, 0.25) is 0 Å². The first-order chi connectivity index (χ1) is 10.3. The molecule has 3 aliphatic carbocycles. The third kappa shape index (κ3) is 1.90. The maximum atomic E-state index is 4.19. The number of allylic oxidation sites excluding steroid dienone is 3. The first kappa shape index (κ1) is 14.8. The van der Waals surface area contributed by atoms with Crippen LogP contribution in [0.3, 0.4) is 0 Å². The second kappa shape index (κ2) is 4.65. The molecule has 0 aromatic heterocycles. The maximum Gasteiger partial charge on any atom is 0.0174 e. The van der Waals surface area contributed by atoms with Crippen LogP contribution in [0.5, 0.6) is 0 Å². The first-order valence-electron chi connectivity index (χ1n) is 9.50. The Kier molecular flexibility index (Phi) is 3.14. The van der Waals surface area contributed by atoms with E-state index < -0.39 is 0 Å². The van der Waals surface area contributed by atoms with Gasteiger partial charge >= 0.3 is 0 Å². The molecular formula is C21H33N. The van der Waals surface area contributed by atoms with Crippen LogP contribution in [0, 0.1) is 40.4 Å². The van der Waals surface area contributed by atoms with Crippen molar-refractivity contribution in [1.29, 1.82) is 0 Å². The second-order valence-electron chi connectivity index (χ2n) is 9.61. The summed E-state index contributed by atoms with van der Waals surface area (Å²) in [6.07, 6.45) is 10.9. The summed E-state index contributed by atoms with van der Waals surface area (Å²) in [6.45, 7) is 14.3. The van der Waals surface area contributed by atoms with Crippen LogP contribution in [-0.4, -0.2) is 0 Å². The molecule has 0 amide bonds. The van der Waals surface area contributed by atoms with Gasteiger partial charge in [-0.2, -0.15) is 0 Å². The van der Waals surface area contributed by atoms with Crippen molar-refractivity contribution in [2.24, 2.45) is 40.4 Å². The van der Waals surface area contributed by atoms with E-state index in [2.05, 4.69) is 45.7 Å². The molecule has 4 aliphatic rings. The summed E-state index contributed by atoms with van der Waals surface area (Å²) < 4.78 is 0. The van der Waals surface area contributed by atoms with Gasteiger partial charge < -0.3 is 5.32 Å². The third-order valence-electron chi connectivity index (χ3n) is 8.05. The molecule has 3 unspecified atom stereocenters. The van der Waals surface area contributed by atoms with E-state index in [1.807, 2.05) is 0 Å². The number of piperidine rings is 1. The van der Waals surface area contributed by atoms with E-state index in [-0.39, 0.29) is 0 Å². The molecule has 4 rings (SSSR count). The van der Waals surface area contributed by atoms with Crippen LogP contribution in [0.4, 0.5) is 0 Å². The summed E-state index contributed by atoms with van der Waals surface area (Å²) >= 11 is 0. The molecule has 1 aliphatic heterocycles. The Balaban J connectivity index is 1.74. The Morgan fingerprint density at radius 1 is 1.18 bits per heavy atom. The molecule has 0 aromatic carbocycles. The van der Waals surface area contributed by atoms with Gasteiger partial charge in [0.15, 0.2) is 0 Å². The van der Waals surface area contributed by atoms with Crippen LogP contribution < -0.4 is 5.32 Å². The molecule has 1 N–H and O–H groups in total. The minimum absolute atomic E-state index is 0.380. The standard InChI is InChI=1S/C21H33N/c1-13-10-17-19-14(2)11-18-21(5,9-6-15(3)22-18)16(19)7-8-20(17,4)12-13/h11,13-14,16-17,19,22H,3,6-10,12H2,1-2,4-5H3/t13-,14-,16?,17?,19?,20+,21+/m0/s1. The number of fused-ring (bicyclic) bond motifs is 5. The lowest BCUT2D eigenvalue weighted by atomic mass is 9.48. The monoisotopic (exact) mass is 299 g/mol. The van der Waals surface area contributed by atoms with E-state index in [1.165, 1.54) is 43.5 Å². The molecule has 1 heteroatoms. The zero-order valence-electron chi connectivity index (χ0n) is 14.9. The minimum atomic E-state index is 0.380. The smallest absolute Gasteiger partial charge is 0.0174 e. The Morgan fingerprint density at radius 3 is 2.73 bits per heavy atom. The first-order valence-corrected chi connectivity index (χ1v) is 9.50. The number of hydrogen-bond acceptors (Lipinski definition) is 1. The van der Waals surface area contributed by atoms with Crippen molar-refractivity contribution < 1.29 is 0 Å². The maximum absolute atomic E-state index is 4.19. The van der Waals surface area contributed by atoms with Crippen molar-refractivity contribution in [3.05, 3.63) is 24.0 Å². The number of nitrogens with one attached hydrogen (secondary N) is 1. The molecule has 1 nitrogen and oxygen atoms in total. The van der Waals surface area contributed by atoms with Gasteiger partial charge in [0, 0.05) is 16.8 Å². The normalized spacial score (nSPS) is 53.9. The van der Waals surface area contributed by atoms with E-state index >= 15 is 0 Å². The molecule has 0 aromatic rings. The van der Waals surface area contributed by atoms with Gasteiger partial charge in [-0.15, -0.1) is 0 Å². The highest BCUT2D eigenvalue weighted by atomic mass is 14.9. The van der Waals surface area contributed by atoms with Crippen molar-refractivity contribution in [2.45, 2.75) is 66.2 Å². The van der Waals surface area contributed by atoms with Gasteiger partial charge in [0.1, 0.15) is 0 Å². The SMILES string of the molecule is C=C1CC[C@@]2(C)C(=C[C@H](C)C3C4C[C@H](C)C[C@@]4(C)CCC32)N1. The van der Waals surface area contributed by atoms with Gasteiger partial charge in [-0.3, -0.25) is 0 Å². The highest BCUT2D eigenvalue weighted by molar-refractivity contribution is 5.28. The van der Waals surface area contributed by atoms with Crippen LogP contribution in [0.1, 0.15) is 66.2 Å². The van der Waals surface area contributed by atoms with Gasteiger partial charge in [-0.05, 0) is 73.5 Å². The third-order valence-corrected chi connectivity index (χ3v) is 8.05. The van der Waals surface area contributed by atoms with Gasteiger partial charge in [-0.1, -0.05) is 40.3 Å². The van der Waals surface area contributed by atoms with Crippen molar-refractivity contribution >= 4 is 0 Å². The highest BCUT2D eigenvalue weighted by Crippen LogP contribution is 2.65. The summed E-state index contributed by atoms with van der Waals surface area (Å²) in [5, 5.41) is 3.67. The van der Waals surface area contributed by atoms with Gasteiger partial charge in [0.05, 0.1) is 0 Å². The van der Waals surface area contributed by atoms with Crippen LogP contribution >= 0.6 is 0 Å². The fourth-order valence-electron chi connectivity index (χ4n) is 7.02. The van der Waals surface area contributed by atoms with Crippen LogP contribution in [0.15, 0.2) is 24.0 Å². The van der Waals surface area contributed by atoms with E-state index in [0.29, 0.717) is 10.8 Å². The topological polar surface area (TPSA) is 12.0 Å². The summed E-state index contributed by atoms with van der Waals surface area (Å²) in [7, 11) is 0. The molecule has 1 saturated heterocycles. The molecule has 0 radical (unpaired) electrons. The molecule has 0 bridgehead atoms. The molecule has 3 fully saturated rings. The zero-order valence-corrected chi connectivity index (χ0v) is 14.9. The average molecular weight is 300 g/mol. The Bertz CT molecular complexity index is 532. The van der Waals surface area contributed by atoms with E-state index in [0.717, 1.165) is 36.0 Å². The minimum Gasteiger partial charge on any atom is -0.363 e. The van der Waals surface area contributed by atoms with Crippen molar-refractivity contribution in [3.63, 3.8) is 0 Å². The zero-order chi connectivity index (χ0) is 15.7. The van der Waals surface area contributed by atoms with Crippen LogP contribution in [-0.2, 0) is 0 Å². The summed E-state index contributed by atoms with van der Waals surface area (Å²) in [5.41, 5.74) is 3.74. The molecule has 2 saturated carbocycles. The molecular weight excluding hydrogens is 266 g/mol. The van der Waals surface area contributed by atoms with Crippen molar-refractivity contribution in [1.82, 2.24) is 5.32 Å². The largest absolute Gasteiger partial charge is 0.363 e. The summed E-state index contributed by atoms with van der Waals surface area (Å²) in [6, 6.07) is 0. The predicted octanol–water partition coefficient (Wildman–Crippen LogP) is 5.50. The van der Waals surface area contributed by atoms with E-state index in [1.54, 1.807) is 0 Å². The van der Waals surface area contributed by atoms with Crippen molar-refractivity contribution in [3.8, 4) is 0 Å². The molecule has 0 spiro atoms. The van der Waals surface area contributed by atoms with Gasteiger partial charge in [-0.25, -0.2) is 0 Å². The predicted molar refractivity (Wildman–Crippen MR) is 93.1 cm³/mol. The molecule has 22 heavy (non-hydrogen) atoms. The Hall–Kier alpha value is -0.720. The summed E-state index contributed by atoms with van der Waals surface area (Å²) in [5.74, 6) is 4.40. The lowest BCUT2D eigenvalue weighted by Gasteiger charge is -2.58. The van der Waals surface area contributed by atoms with Gasteiger partial charge in [0.25, 0.3) is 0 Å². The average Bonchev–Trinajstić information content (AvgIpc) is 2.75. The van der Waals surface area contributed by atoms with Crippen LogP contribution in [0.2, 0.25) is 0 Å². The quantitative estimate of drug-likeness (QED) is 0.622. The molecule has 1 heterocycles.